The third-order valence-electron chi connectivity index (χ3n) is 3.42. The number of ether oxygens (including phenoxy) is 1. The number of rotatable bonds is 1. The molecule has 0 saturated heterocycles. The van der Waals surface area contributed by atoms with Crippen molar-refractivity contribution in [1.82, 2.24) is 5.32 Å². The van der Waals surface area contributed by atoms with Crippen molar-refractivity contribution >= 4 is 17.4 Å². The Hall–Kier alpha value is -2.10. The van der Waals surface area contributed by atoms with E-state index in [0.29, 0.717) is 12.0 Å². The SMILES string of the molecule is CC[C@@H]1OC(=O)C=C2c3ccccc3C(=O)N[C@H]21. The van der Waals surface area contributed by atoms with Gasteiger partial charge in [0.2, 0.25) is 0 Å². The fourth-order valence-electron chi connectivity index (χ4n) is 2.56. The molecule has 2 aliphatic rings. The van der Waals surface area contributed by atoms with Crippen LogP contribution in [0.25, 0.3) is 5.57 Å². The van der Waals surface area contributed by atoms with Crippen LogP contribution in [0.2, 0.25) is 0 Å². The molecule has 2 heterocycles. The van der Waals surface area contributed by atoms with Gasteiger partial charge in [0.05, 0.1) is 6.04 Å². The standard InChI is InChI=1S/C14H13NO3/c1-2-11-13-10(7-12(16)18-11)8-5-3-4-6-9(8)14(17)15-13/h3-7,11,13H,2H2,1H3,(H,15,17)/t11-,13+/m0/s1. The van der Waals surface area contributed by atoms with Crippen molar-refractivity contribution in [2.45, 2.75) is 25.5 Å². The summed E-state index contributed by atoms with van der Waals surface area (Å²) in [6, 6.07) is 7.10. The quantitative estimate of drug-likeness (QED) is 0.761. The first-order chi connectivity index (χ1) is 8.70. The van der Waals surface area contributed by atoms with E-state index in [4.69, 9.17) is 4.74 Å². The van der Waals surface area contributed by atoms with E-state index in [-0.39, 0.29) is 24.0 Å². The maximum absolute atomic E-state index is 12.0. The number of cyclic esters (lactones) is 1. The van der Waals surface area contributed by atoms with Gasteiger partial charge in [0.1, 0.15) is 6.10 Å². The molecule has 0 aliphatic carbocycles. The number of fused-ring (bicyclic) bond motifs is 3. The van der Waals surface area contributed by atoms with Gasteiger partial charge in [-0.05, 0) is 23.6 Å². The first kappa shape index (κ1) is 11.0. The molecule has 0 spiro atoms. The van der Waals surface area contributed by atoms with Gasteiger partial charge in [-0.2, -0.15) is 0 Å². The summed E-state index contributed by atoms with van der Waals surface area (Å²) in [5, 5.41) is 2.91. The number of carbonyl (C=O) groups excluding carboxylic acids is 2. The fourth-order valence-corrected chi connectivity index (χ4v) is 2.56. The van der Waals surface area contributed by atoms with Crippen LogP contribution in [0.5, 0.6) is 0 Å². The highest BCUT2D eigenvalue weighted by molar-refractivity contribution is 6.07. The Kier molecular flexibility index (Phi) is 2.44. The monoisotopic (exact) mass is 243 g/mol. The first-order valence-electron chi connectivity index (χ1n) is 6.03. The van der Waals surface area contributed by atoms with Gasteiger partial charge in [-0.25, -0.2) is 4.79 Å². The number of amides is 1. The number of hydrogen-bond acceptors (Lipinski definition) is 3. The van der Waals surface area contributed by atoms with E-state index < -0.39 is 0 Å². The summed E-state index contributed by atoms with van der Waals surface area (Å²) in [4.78, 5) is 23.6. The largest absolute Gasteiger partial charge is 0.457 e. The van der Waals surface area contributed by atoms with Crippen LogP contribution in [-0.4, -0.2) is 24.0 Å². The molecule has 4 heteroatoms. The lowest BCUT2D eigenvalue weighted by Crippen LogP contribution is -2.50. The minimum Gasteiger partial charge on any atom is -0.457 e. The summed E-state index contributed by atoms with van der Waals surface area (Å²) in [5.74, 6) is -0.441. The van der Waals surface area contributed by atoms with Crippen molar-refractivity contribution in [2.24, 2.45) is 0 Å². The Morgan fingerprint density at radius 1 is 1.22 bits per heavy atom. The second-order valence-electron chi connectivity index (χ2n) is 4.48. The van der Waals surface area contributed by atoms with Crippen LogP contribution in [0.4, 0.5) is 0 Å². The molecule has 3 rings (SSSR count). The van der Waals surface area contributed by atoms with E-state index in [1.807, 2.05) is 25.1 Å². The predicted octanol–water partition coefficient (Wildman–Crippen LogP) is 1.52. The zero-order chi connectivity index (χ0) is 12.7. The number of benzene rings is 1. The fraction of sp³-hybridized carbons (Fsp3) is 0.286. The second kappa shape index (κ2) is 3.98. The highest BCUT2D eigenvalue weighted by Gasteiger charge is 2.38. The third-order valence-corrected chi connectivity index (χ3v) is 3.42. The lowest BCUT2D eigenvalue weighted by Gasteiger charge is -2.36. The summed E-state index contributed by atoms with van der Waals surface area (Å²) >= 11 is 0. The Morgan fingerprint density at radius 3 is 2.67 bits per heavy atom. The topological polar surface area (TPSA) is 55.4 Å². The van der Waals surface area contributed by atoms with Crippen LogP contribution >= 0.6 is 0 Å². The molecule has 4 nitrogen and oxygen atoms in total. The molecule has 18 heavy (non-hydrogen) atoms. The zero-order valence-electron chi connectivity index (χ0n) is 9.97. The van der Waals surface area contributed by atoms with Crippen LogP contribution in [-0.2, 0) is 9.53 Å². The molecule has 92 valence electrons. The summed E-state index contributed by atoms with van der Waals surface area (Å²) in [5.41, 5.74) is 2.30. The first-order valence-corrected chi connectivity index (χ1v) is 6.03. The van der Waals surface area contributed by atoms with Crippen molar-refractivity contribution < 1.29 is 14.3 Å². The molecule has 0 saturated carbocycles. The maximum Gasteiger partial charge on any atom is 0.331 e. The van der Waals surface area contributed by atoms with E-state index in [2.05, 4.69) is 5.32 Å². The molecule has 2 atom stereocenters. The molecule has 0 fully saturated rings. The van der Waals surface area contributed by atoms with Crippen molar-refractivity contribution in [3.8, 4) is 0 Å². The summed E-state index contributed by atoms with van der Waals surface area (Å²) in [6.45, 7) is 1.94. The van der Waals surface area contributed by atoms with E-state index >= 15 is 0 Å². The average molecular weight is 243 g/mol. The molecule has 0 radical (unpaired) electrons. The number of hydrogen-bond donors (Lipinski definition) is 1. The highest BCUT2D eigenvalue weighted by Crippen LogP contribution is 2.32. The second-order valence-corrected chi connectivity index (χ2v) is 4.48. The van der Waals surface area contributed by atoms with Crippen molar-refractivity contribution in [2.75, 3.05) is 0 Å². The van der Waals surface area contributed by atoms with Gasteiger partial charge in [0.25, 0.3) is 5.91 Å². The Balaban J connectivity index is 2.16. The molecule has 1 N–H and O–H groups in total. The van der Waals surface area contributed by atoms with Crippen molar-refractivity contribution in [3.05, 3.63) is 41.5 Å². The number of esters is 1. The maximum atomic E-state index is 12.0. The molecule has 0 unspecified atom stereocenters. The van der Waals surface area contributed by atoms with Crippen molar-refractivity contribution in [1.29, 1.82) is 0 Å². The van der Waals surface area contributed by atoms with Crippen LogP contribution < -0.4 is 5.32 Å². The van der Waals surface area contributed by atoms with Crippen LogP contribution in [0.3, 0.4) is 0 Å². The Morgan fingerprint density at radius 2 is 1.94 bits per heavy atom. The Bertz CT molecular complexity index is 562. The normalized spacial score (nSPS) is 25.5. The summed E-state index contributed by atoms with van der Waals surface area (Å²) in [7, 11) is 0. The number of nitrogens with one attached hydrogen (secondary N) is 1. The Labute approximate surface area is 105 Å². The zero-order valence-corrected chi connectivity index (χ0v) is 9.97. The van der Waals surface area contributed by atoms with Gasteiger partial charge in [-0.3, -0.25) is 4.79 Å². The summed E-state index contributed by atoms with van der Waals surface area (Å²) in [6.07, 6.45) is 1.88. The molecule has 0 aromatic heterocycles. The van der Waals surface area contributed by atoms with Gasteiger partial charge in [0, 0.05) is 11.6 Å². The van der Waals surface area contributed by atoms with Gasteiger partial charge in [0.15, 0.2) is 0 Å². The van der Waals surface area contributed by atoms with E-state index in [0.717, 1.165) is 11.1 Å². The number of carbonyl (C=O) groups is 2. The minimum atomic E-state index is -0.334. The lowest BCUT2D eigenvalue weighted by molar-refractivity contribution is -0.144. The molecule has 1 amide bonds. The molecule has 1 aromatic rings. The molecule has 2 aliphatic heterocycles. The van der Waals surface area contributed by atoms with Crippen LogP contribution in [0.1, 0.15) is 29.3 Å². The van der Waals surface area contributed by atoms with E-state index in [9.17, 15) is 9.59 Å². The smallest absolute Gasteiger partial charge is 0.331 e. The highest BCUT2D eigenvalue weighted by atomic mass is 16.5. The summed E-state index contributed by atoms with van der Waals surface area (Å²) < 4.78 is 5.24. The third kappa shape index (κ3) is 1.53. The average Bonchev–Trinajstić information content (AvgIpc) is 2.39. The van der Waals surface area contributed by atoms with Crippen LogP contribution in [0, 0.1) is 0 Å². The van der Waals surface area contributed by atoms with Gasteiger partial charge >= 0.3 is 5.97 Å². The lowest BCUT2D eigenvalue weighted by atomic mass is 9.85. The van der Waals surface area contributed by atoms with Crippen LogP contribution in [0.15, 0.2) is 30.3 Å². The van der Waals surface area contributed by atoms with E-state index in [1.165, 1.54) is 6.08 Å². The molecule has 1 aromatic carbocycles. The predicted molar refractivity (Wildman–Crippen MR) is 65.8 cm³/mol. The van der Waals surface area contributed by atoms with E-state index in [1.54, 1.807) is 6.07 Å². The minimum absolute atomic E-state index is 0.107. The molecular weight excluding hydrogens is 230 g/mol. The molecule has 0 bridgehead atoms. The van der Waals surface area contributed by atoms with Crippen molar-refractivity contribution in [3.63, 3.8) is 0 Å². The van der Waals surface area contributed by atoms with Gasteiger partial charge < -0.3 is 10.1 Å². The molecular formula is C14H13NO3. The van der Waals surface area contributed by atoms with Gasteiger partial charge in [-0.15, -0.1) is 0 Å². The van der Waals surface area contributed by atoms with Gasteiger partial charge in [-0.1, -0.05) is 25.1 Å².